The Kier molecular flexibility index (Phi) is 3.32. The Labute approximate surface area is 116 Å². The zero-order chi connectivity index (χ0) is 13.2. The first-order valence-corrected chi connectivity index (χ1v) is 7.21. The SMILES string of the molecule is CCc1ccc(C(O)c2cnc3ccccc3c2)s1. The van der Waals surface area contributed by atoms with Crippen LogP contribution < -0.4 is 0 Å². The van der Waals surface area contributed by atoms with Crippen LogP contribution in [0.25, 0.3) is 10.9 Å². The third-order valence-electron chi connectivity index (χ3n) is 3.23. The van der Waals surface area contributed by atoms with E-state index in [0.29, 0.717) is 0 Å². The molecule has 0 bridgehead atoms. The molecule has 0 aliphatic heterocycles. The lowest BCUT2D eigenvalue weighted by Crippen LogP contribution is -1.97. The van der Waals surface area contributed by atoms with Gasteiger partial charge in [0.15, 0.2) is 0 Å². The standard InChI is InChI=1S/C16H15NOS/c1-2-13-7-8-15(19-13)16(18)12-9-11-5-3-4-6-14(11)17-10-12/h3-10,16,18H,2H2,1H3. The highest BCUT2D eigenvalue weighted by Gasteiger charge is 2.13. The minimum atomic E-state index is -0.581. The Bertz CT molecular complexity index is 705. The van der Waals surface area contributed by atoms with Gasteiger partial charge >= 0.3 is 0 Å². The molecular formula is C16H15NOS. The van der Waals surface area contributed by atoms with E-state index in [1.165, 1.54) is 4.88 Å². The Morgan fingerprint density at radius 2 is 2.05 bits per heavy atom. The van der Waals surface area contributed by atoms with Crippen LogP contribution in [0.4, 0.5) is 0 Å². The summed E-state index contributed by atoms with van der Waals surface area (Å²) in [5.41, 5.74) is 1.81. The van der Waals surface area contributed by atoms with Gasteiger partial charge in [-0.3, -0.25) is 4.98 Å². The van der Waals surface area contributed by atoms with E-state index in [-0.39, 0.29) is 0 Å². The lowest BCUT2D eigenvalue weighted by Gasteiger charge is -2.09. The fraction of sp³-hybridized carbons (Fsp3) is 0.188. The molecule has 3 aromatic rings. The van der Waals surface area contributed by atoms with E-state index in [2.05, 4.69) is 18.0 Å². The molecule has 2 aromatic heterocycles. The summed E-state index contributed by atoms with van der Waals surface area (Å²) in [4.78, 5) is 6.67. The van der Waals surface area contributed by atoms with Crippen molar-refractivity contribution in [3.8, 4) is 0 Å². The molecule has 0 spiro atoms. The Morgan fingerprint density at radius 1 is 1.21 bits per heavy atom. The first kappa shape index (κ1) is 12.3. The minimum absolute atomic E-state index is 0.581. The molecule has 0 saturated heterocycles. The van der Waals surface area contributed by atoms with Crippen molar-refractivity contribution in [1.82, 2.24) is 4.98 Å². The van der Waals surface area contributed by atoms with Crippen LogP contribution in [0.1, 0.15) is 28.3 Å². The van der Waals surface area contributed by atoms with Crippen molar-refractivity contribution in [2.75, 3.05) is 0 Å². The number of nitrogens with zero attached hydrogens (tertiary/aromatic N) is 1. The van der Waals surface area contributed by atoms with Crippen LogP contribution >= 0.6 is 11.3 Å². The number of fused-ring (bicyclic) bond motifs is 1. The second kappa shape index (κ2) is 5.11. The van der Waals surface area contributed by atoms with E-state index in [4.69, 9.17) is 0 Å². The summed E-state index contributed by atoms with van der Waals surface area (Å²) >= 11 is 1.66. The highest BCUT2D eigenvalue weighted by Crippen LogP contribution is 2.29. The molecule has 1 atom stereocenters. The molecule has 1 aromatic carbocycles. The molecule has 1 N–H and O–H groups in total. The predicted molar refractivity (Wildman–Crippen MR) is 79.5 cm³/mol. The molecule has 2 heterocycles. The van der Waals surface area contributed by atoms with Gasteiger partial charge in [-0.15, -0.1) is 11.3 Å². The molecular weight excluding hydrogens is 254 g/mol. The molecule has 0 aliphatic rings. The fourth-order valence-corrected chi connectivity index (χ4v) is 3.10. The monoisotopic (exact) mass is 269 g/mol. The summed E-state index contributed by atoms with van der Waals surface area (Å²) in [5.74, 6) is 0. The number of para-hydroxylation sites is 1. The van der Waals surface area contributed by atoms with E-state index in [1.54, 1.807) is 17.5 Å². The maximum atomic E-state index is 10.4. The van der Waals surface area contributed by atoms with E-state index < -0.39 is 6.10 Å². The number of aryl methyl sites for hydroxylation is 1. The van der Waals surface area contributed by atoms with Crippen LogP contribution in [0.15, 0.2) is 48.7 Å². The van der Waals surface area contributed by atoms with E-state index >= 15 is 0 Å². The molecule has 2 nitrogen and oxygen atoms in total. The fourth-order valence-electron chi connectivity index (χ4n) is 2.13. The van der Waals surface area contributed by atoms with Crippen LogP contribution in [-0.4, -0.2) is 10.1 Å². The van der Waals surface area contributed by atoms with Gasteiger partial charge in [0.25, 0.3) is 0 Å². The smallest absolute Gasteiger partial charge is 0.115 e. The first-order valence-electron chi connectivity index (χ1n) is 6.39. The van der Waals surface area contributed by atoms with Crippen molar-refractivity contribution < 1.29 is 5.11 Å². The first-order chi connectivity index (χ1) is 9.28. The van der Waals surface area contributed by atoms with Gasteiger partial charge in [-0.05, 0) is 30.7 Å². The molecule has 0 amide bonds. The average molecular weight is 269 g/mol. The van der Waals surface area contributed by atoms with E-state index in [9.17, 15) is 5.11 Å². The Hall–Kier alpha value is -1.71. The highest BCUT2D eigenvalue weighted by molar-refractivity contribution is 7.12. The van der Waals surface area contributed by atoms with Crippen LogP contribution in [-0.2, 0) is 6.42 Å². The van der Waals surface area contributed by atoms with Crippen LogP contribution in [0.5, 0.6) is 0 Å². The number of aromatic nitrogens is 1. The van der Waals surface area contributed by atoms with Crippen LogP contribution in [0, 0.1) is 0 Å². The molecule has 1 unspecified atom stereocenters. The van der Waals surface area contributed by atoms with Gasteiger partial charge < -0.3 is 5.11 Å². The molecule has 0 aliphatic carbocycles. The number of pyridine rings is 1. The zero-order valence-corrected chi connectivity index (χ0v) is 11.5. The molecule has 0 fully saturated rings. The molecule has 0 radical (unpaired) electrons. The van der Waals surface area contributed by atoms with Crippen LogP contribution in [0.3, 0.4) is 0 Å². The second-order valence-corrected chi connectivity index (χ2v) is 5.72. The van der Waals surface area contributed by atoms with Crippen molar-refractivity contribution in [1.29, 1.82) is 0 Å². The summed E-state index contributed by atoms with van der Waals surface area (Å²) in [6.07, 6.45) is 2.19. The summed E-state index contributed by atoms with van der Waals surface area (Å²) in [6.45, 7) is 2.12. The maximum absolute atomic E-state index is 10.4. The quantitative estimate of drug-likeness (QED) is 0.781. The number of hydrogen-bond donors (Lipinski definition) is 1. The number of benzene rings is 1. The van der Waals surface area contributed by atoms with Gasteiger partial charge in [0, 0.05) is 26.9 Å². The van der Waals surface area contributed by atoms with Crippen LogP contribution in [0.2, 0.25) is 0 Å². The van der Waals surface area contributed by atoms with Gasteiger partial charge in [-0.25, -0.2) is 0 Å². The van der Waals surface area contributed by atoms with Gasteiger partial charge in [0.1, 0.15) is 6.10 Å². The Balaban J connectivity index is 1.98. The summed E-state index contributed by atoms with van der Waals surface area (Å²) in [6, 6.07) is 14.0. The third kappa shape index (κ3) is 2.39. The maximum Gasteiger partial charge on any atom is 0.115 e. The highest BCUT2D eigenvalue weighted by atomic mass is 32.1. The van der Waals surface area contributed by atoms with Crippen molar-refractivity contribution in [3.63, 3.8) is 0 Å². The third-order valence-corrected chi connectivity index (χ3v) is 4.51. The number of aliphatic hydroxyl groups excluding tert-OH is 1. The topological polar surface area (TPSA) is 33.1 Å². The van der Waals surface area contributed by atoms with Gasteiger partial charge in [0.2, 0.25) is 0 Å². The van der Waals surface area contributed by atoms with Crippen molar-refractivity contribution >= 4 is 22.2 Å². The lowest BCUT2D eigenvalue weighted by molar-refractivity contribution is 0.224. The van der Waals surface area contributed by atoms with Crippen molar-refractivity contribution in [3.05, 3.63) is 64.0 Å². The van der Waals surface area contributed by atoms with Crippen molar-refractivity contribution in [2.24, 2.45) is 0 Å². The number of aliphatic hydroxyl groups is 1. The number of thiophene rings is 1. The van der Waals surface area contributed by atoms with Gasteiger partial charge in [-0.1, -0.05) is 25.1 Å². The molecule has 3 heteroatoms. The summed E-state index contributed by atoms with van der Waals surface area (Å²) in [7, 11) is 0. The largest absolute Gasteiger partial charge is 0.383 e. The lowest BCUT2D eigenvalue weighted by atomic mass is 10.1. The van der Waals surface area contributed by atoms with Gasteiger partial charge in [0.05, 0.1) is 5.52 Å². The second-order valence-electron chi connectivity index (χ2n) is 4.52. The van der Waals surface area contributed by atoms with Gasteiger partial charge in [-0.2, -0.15) is 0 Å². The predicted octanol–water partition coefficient (Wildman–Crippen LogP) is 3.94. The normalized spacial score (nSPS) is 12.7. The number of rotatable bonds is 3. The average Bonchev–Trinajstić information content (AvgIpc) is 2.95. The summed E-state index contributed by atoms with van der Waals surface area (Å²) in [5, 5.41) is 11.5. The van der Waals surface area contributed by atoms with E-state index in [1.807, 2.05) is 36.4 Å². The molecule has 96 valence electrons. The summed E-state index contributed by atoms with van der Waals surface area (Å²) < 4.78 is 0. The number of hydrogen-bond acceptors (Lipinski definition) is 3. The molecule has 3 rings (SSSR count). The minimum Gasteiger partial charge on any atom is -0.383 e. The molecule has 0 saturated carbocycles. The molecule has 19 heavy (non-hydrogen) atoms. The Morgan fingerprint density at radius 3 is 2.84 bits per heavy atom. The zero-order valence-electron chi connectivity index (χ0n) is 10.7. The van der Waals surface area contributed by atoms with E-state index in [0.717, 1.165) is 27.8 Å². The van der Waals surface area contributed by atoms with Crippen molar-refractivity contribution in [2.45, 2.75) is 19.4 Å².